The summed E-state index contributed by atoms with van der Waals surface area (Å²) >= 11 is 0. The second-order valence-electron chi connectivity index (χ2n) is 4.21. The van der Waals surface area contributed by atoms with E-state index in [0.29, 0.717) is 23.4 Å². The molecule has 0 aliphatic carbocycles. The van der Waals surface area contributed by atoms with E-state index >= 15 is 0 Å². The van der Waals surface area contributed by atoms with E-state index < -0.39 is 0 Å². The molecule has 0 spiro atoms. The van der Waals surface area contributed by atoms with Gasteiger partial charge in [0, 0.05) is 11.3 Å². The number of hydrogen-bond acceptors (Lipinski definition) is 3. The molecule has 1 amide bonds. The Bertz CT molecular complexity index is 625. The molecule has 4 nitrogen and oxygen atoms in total. The zero-order valence-corrected chi connectivity index (χ0v) is 11.1. The highest BCUT2D eigenvalue weighted by molar-refractivity contribution is 6.04. The van der Waals surface area contributed by atoms with Gasteiger partial charge < -0.3 is 10.1 Å². The number of nitriles is 1. The van der Waals surface area contributed by atoms with Gasteiger partial charge in [0.1, 0.15) is 5.75 Å². The molecule has 0 unspecified atom stereocenters. The normalized spacial score (nSPS) is 9.60. The molecule has 0 saturated carbocycles. The first-order chi connectivity index (χ1) is 9.72. The van der Waals surface area contributed by atoms with Crippen molar-refractivity contribution in [1.29, 1.82) is 5.26 Å². The fraction of sp³-hybridized carbons (Fsp3) is 0.125. The average molecular weight is 266 g/mol. The molecule has 0 heterocycles. The Morgan fingerprint density at radius 1 is 1.15 bits per heavy atom. The van der Waals surface area contributed by atoms with Gasteiger partial charge in [0.15, 0.2) is 0 Å². The lowest BCUT2D eigenvalue weighted by Gasteiger charge is -2.06. The van der Waals surface area contributed by atoms with E-state index in [2.05, 4.69) is 11.4 Å². The molecule has 0 saturated heterocycles. The van der Waals surface area contributed by atoms with Gasteiger partial charge in [-0.1, -0.05) is 12.1 Å². The Balaban J connectivity index is 2.05. The third-order valence-corrected chi connectivity index (χ3v) is 2.85. The highest BCUT2D eigenvalue weighted by Gasteiger charge is 2.06. The van der Waals surface area contributed by atoms with Crippen molar-refractivity contribution in [2.45, 2.75) is 6.42 Å². The summed E-state index contributed by atoms with van der Waals surface area (Å²) in [5.41, 5.74) is 2.19. The minimum Gasteiger partial charge on any atom is -0.497 e. The molecule has 2 aromatic rings. The number of benzene rings is 2. The summed E-state index contributed by atoms with van der Waals surface area (Å²) in [5.74, 6) is 0.531. The lowest BCUT2D eigenvalue weighted by molar-refractivity contribution is 0.102. The van der Waals surface area contributed by atoms with E-state index in [-0.39, 0.29) is 5.91 Å². The Morgan fingerprint density at radius 2 is 1.80 bits per heavy atom. The molecule has 2 aromatic carbocycles. The average Bonchev–Trinajstić information content (AvgIpc) is 2.49. The van der Waals surface area contributed by atoms with Crippen LogP contribution < -0.4 is 10.1 Å². The van der Waals surface area contributed by atoms with E-state index in [9.17, 15) is 4.79 Å². The van der Waals surface area contributed by atoms with Crippen LogP contribution in [0.3, 0.4) is 0 Å². The number of ether oxygens (including phenoxy) is 1. The van der Waals surface area contributed by atoms with Crippen LogP contribution >= 0.6 is 0 Å². The van der Waals surface area contributed by atoms with Crippen LogP contribution in [0.5, 0.6) is 5.75 Å². The molecule has 0 fully saturated rings. The Labute approximate surface area is 117 Å². The number of nitrogens with zero attached hydrogens (tertiary/aromatic N) is 1. The van der Waals surface area contributed by atoms with Gasteiger partial charge in [-0.25, -0.2) is 0 Å². The SMILES string of the molecule is COc1ccc(C(=O)Nc2ccc(CC#N)cc2)cc1. The van der Waals surface area contributed by atoms with E-state index in [0.717, 1.165) is 5.56 Å². The van der Waals surface area contributed by atoms with Crippen molar-refractivity contribution >= 4 is 11.6 Å². The second kappa shape index (κ2) is 6.39. The van der Waals surface area contributed by atoms with Crippen LogP contribution in [0.2, 0.25) is 0 Å². The second-order valence-corrected chi connectivity index (χ2v) is 4.21. The predicted octanol–water partition coefficient (Wildman–Crippen LogP) is 3.01. The summed E-state index contributed by atoms with van der Waals surface area (Å²) in [6.45, 7) is 0. The molecule has 4 heteroatoms. The number of amides is 1. The zero-order chi connectivity index (χ0) is 14.4. The molecule has 2 rings (SSSR count). The first kappa shape index (κ1) is 13.6. The van der Waals surface area contributed by atoms with Crippen molar-refractivity contribution in [3.05, 3.63) is 59.7 Å². The number of hydrogen-bond donors (Lipinski definition) is 1. The van der Waals surface area contributed by atoms with Gasteiger partial charge in [0.2, 0.25) is 0 Å². The summed E-state index contributed by atoms with van der Waals surface area (Å²) in [4.78, 5) is 12.0. The van der Waals surface area contributed by atoms with Crippen molar-refractivity contribution in [3.8, 4) is 11.8 Å². The van der Waals surface area contributed by atoms with E-state index in [1.54, 1.807) is 43.5 Å². The maximum Gasteiger partial charge on any atom is 0.255 e. The van der Waals surface area contributed by atoms with Crippen LogP contribution in [-0.4, -0.2) is 13.0 Å². The van der Waals surface area contributed by atoms with Gasteiger partial charge >= 0.3 is 0 Å². The summed E-state index contributed by atoms with van der Waals surface area (Å²) in [6.07, 6.45) is 0.368. The molecular weight excluding hydrogens is 252 g/mol. The highest BCUT2D eigenvalue weighted by atomic mass is 16.5. The third kappa shape index (κ3) is 3.36. The Morgan fingerprint density at radius 3 is 2.35 bits per heavy atom. The molecule has 0 aromatic heterocycles. The summed E-state index contributed by atoms with van der Waals surface area (Å²) in [5, 5.41) is 11.4. The number of carbonyl (C=O) groups is 1. The summed E-state index contributed by atoms with van der Waals surface area (Å²) in [6, 6.07) is 16.2. The van der Waals surface area contributed by atoms with E-state index in [1.165, 1.54) is 0 Å². The van der Waals surface area contributed by atoms with Gasteiger partial charge in [0.25, 0.3) is 5.91 Å². The first-order valence-electron chi connectivity index (χ1n) is 6.14. The lowest BCUT2D eigenvalue weighted by Crippen LogP contribution is -2.11. The molecular formula is C16H14N2O2. The van der Waals surface area contributed by atoms with Crippen LogP contribution in [-0.2, 0) is 6.42 Å². The number of carbonyl (C=O) groups excluding carboxylic acids is 1. The van der Waals surface area contributed by atoms with Gasteiger partial charge in [-0.3, -0.25) is 4.79 Å². The molecule has 0 aliphatic rings. The fourth-order valence-corrected chi connectivity index (χ4v) is 1.74. The van der Waals surface area contributed by atoms with Crippen LogP contribution in [0.25, 0.3) is 0 Å². The number of anilines is 1. The minimum atomic E-state index is -0.180. The van der Waals surface area contributed by atoms with Crippen molar-refractivity contribution in [2.75, 3.05) is 12.4 Å². The molecule has 0 atom stereocenters. The van der Waals surface area contributed by atoms with Crippen LogP contribution in [0.4, 0.5) is 5.69 Å². The van der Waals surface area contributed by atoms with Crippen molar-refractivity contribution in [3.63, 3.8) is 0 Å². The summed E-state index contributed by atoms with van der Waals surface area (Å²) < 4.78 is 5.05. The molecule has 0 aliphatic heterocycles. The number of rotatable bonds is 4. The maximum atomic E-state index is 12.0. The molecule has 20 heavy (non-hydrogen) atoms. The predicted molar refractivity (Wildman–Crippen MR) is 76.7 cm³/mol. The number of nitrogens with one attached hydrogen (secondary N) is 1. The smallest absolute Gasteiger partial charge is 0.255 e. The topological polar surface area (TPSA) is 62.1 Å². The van der Waals surface area contributed by atoms with Crippen LogP contribution in [0.15, 0.2) is 48.5 Å². The fourth-order valence-electron chi connectivity index (χ4n) is 1.74. The molecule has 1 N–H and O–H groups in total. The van der Waals surface area contributed by atoms with Crippen LogP contribution in [0.1, 0.15) is 15.9 Å². The van der Waals surface area contributed by atoms with Crippen molar-refractivity contribution in [1.82, 2.24) is 0 Å². The van der Waals surface area contributed by atoms with Gasteiger partial charge in [-0.2, -0.15) is 5.26 Å². The van der Waals surface area contributed by atoms with Crippen molar-refractivity contribution < 1.29 is 9.53 Å². The van der Waals surface area contributed by atoms with Gasteiger partial charge in [-0.15, -0.1) is 0 Å². The largest absolute Gasteiger partial charge is 0.497 e. The molecule has 0 radical (unpaired) electrons. The molecule has 0 bridgehead atoms. The molecule has 100 valence electrons. The quantitative estimate of drug-likeness (QED) is 0.925. The maximum absolute atomic E-state index is 12.0. The Kier molecular flexibility index (Phi) is 4.35. The number of methoxy groups -OCH3 is 1. The van der Waals surface area contributed by atoms with E-state index in [1.807, 2.05) is 12.1 Å². The summed E-state index contributed by atoms with van der Waals surface area (Å²) in [7, 11) is 1.58. The van der Waals surface area contributed by atoms with Gasteiger partial charge in [-0.05, 0) is 42.0 Å². The minimum absolute atomic E-state index is 0.180. The third-order valence-electron chi connectivity index (χ3n) is 2.85. The zero-order valence-electron chi connectivity index (χ0n) is 11.1. The highest BCUT2D eigenvalue weighted by Crippen LogP contribution is 2.14. The van der Waals surface area contributed by atoms with Crippen LogP contribution in [0, 0.1) is 11.3 Å². The monoisotopic (exact) mass is 266 g/mol. The first-order valence-corrected chi connectivity index (χ1v) is 6.14. The Hall–Kier alpha value is -2.80. The standard InChI is InChI=1S/C16H14N2O2/c1-20-15-8-4-13(5-9-15)16(19)18-14-6-2-12(3-7-14)10-11-17/h2-9H,10H2,1H3,(H,18,19). The van der Waals surface area contributed by atoms with E-state index in [4.69, 9.17) is 10.00 Å². The van der Waals surface area contributed by atoms with Crippen molar-refractivity contribution in [2.24, 2.45) is 0 Å². The van der Waals surface area contributed by atoms with Gasteiger partial charge in [0.05, 0.1) is 19.6 Å². The lowest BCUT2D eigenvalue weighted by atomic mass is 10.1.